The summed E-state index contributed by atoms with van der Waals surface area (Å²) in [6.07, 6.45) is 6.94. The minimum Gasteiger partial charge on any atom is -0.389 e. The highest BCUT2D eigenvalue weighted by Gasteiger charge is 2.16. The Kier molecular flexibility index (Phi) is 5.82. The molecule has 4 heteroatoms. The highest BCUT2D eigenvalue weighted by atomic mass is 35.5. The third kappa shape index (κ3) is 4.44. The van der Waals surface area contributed by atoms with Crippen LogP contribution in [0.1, 0.15) is 43.2 Å². The molecule has 1 aromatic rings. The molecule has 2 nitrogen and oxygen atoms in total. The van der Waals surface area contributed by atoms with Crippen molar-refractivity contribution in [2.75, 3.05) is 13.6 Å². The molecule has 1 aliphatic rings. The fraction of sp³-hybridized carbons (Fsp3) is 0.562. The Hall–Kier alpha value is -0.640. The zero-order chi connectivity index (χ0) is 14.5. The molecule has 0 spiro atoms. The minimum atomic E-state index is 0.397. The van der Waals surface area contributed by atoms with Gasteiger partial charge in [-0.1, -0.05) is 55.2 Å². The number of hydrogen-bond acceptors (Lipinski definition) is 2. The normalized spacial score (nSPS) is 16.6. The lowest BCUT2D eigenvalue weighted by Crippen LogP contribution is -2.26. The summed E-state index contributed by atoms with van der Waals surface area (Å²) < 4.78 is 0. The van der Waals surface area contributed by atoms with Crippen molar-refractivity contribution in [3.05, 3.63) is 34.3 Å². The number of nitrogens with two attached hydrogens (primary N) is 1. The first kappa shape index (κ1) is 15.7. The molecule has 0 atom stereocenters. The molecular weight excluding hydrogens is 288 g/mol. The molecule has 0 heterocycles. The second kappa shape index (κ2) is 7.39. The van der Waals surface area contributed by atoms with E-state index in [1.807, 2.05) is 18.2 Å². The van der Waals surface area contributed by atoms with Gasteiger partial charge in [0, 0.05) is 23.7 Å². The maximum atomic E-state index is 6.32. The number of thiocarbonyl (C=S) groups is 1. The maximum absolute atomic E-state index is 6.32. The predicted molar refractivity (Wildman–Crippen MR) is 90.2 cm³/mol. The van der Waals surface area contributed by atoms with Crippen molar-refractivity contribution < 1.29 is 0 Å². The van der Waals surface area contributed by atoms with E-state index in [2.05, 4.69) is 11.9 Å². The quantitative estimate of drug-likeness (QED) is 0.834. The van der Waals surface area contributed by atoms with Gasteiger partial charge in [0.15, 0.2) is 0 Å². The van der Waals surface area contributed by atoms with Crippen molar-refractivity contribution in [2.24, 2.45) is 11.7 Å². The van der Waals surface area contributed by atoms with Gasteiger partial charge in [-0.25, -0.2) is 0 Å². The van der Waals surface area contributed by atoms with Crippen molar-refractivity contribution >= 4 is 28.8 Å². The van der Waals surface area contributed by atoms with Gasteiger partial charge in [0.25, 0.3) is 0 Å². The van der Waals surface area contributed by atoms with E-state index in [0.29, 0.717) is 4.99 Å². The Bertz CT molecular complexity index is 470. The second-order valence-corrected chi connectivity index (χ2v) is 6.72. The van der Waals surface area contributed by atoms with E-state index >= 15 is 0 Å². The van der Waals surface area contributed by atoms with Gasteiger partial charge in [-0.2, -0.15) is 0 Å². The van der Waals surface area contributed by atoms with Crippen molar-refractivity contribution in [3.63, 3.8) is 0 Å². The lowest BCUT2D eigenvalue weighted by molar-refractivity contribution is 0.228. The molecule has 2 N–H and O–H groups in total. The summed E-state index contributed by atoms with van der Waals surface area (Å²) in [5.74, 6) is 0.850. The molecule has 0 radical (unpaired) electrons. The van der Waals surface area contributed by atoms with Crippen molar-refractivity contribution in [2.45, 2.75) is 38.6 Å². The molecule has 0 unspecified atom stereocenters. The van der Waals surface area contributed by atoms with Gasteiger partial charge in [-0.3, -0.25) is 0 Å². The van der Waals surface area contributed by atoms with Crippen LogP contribution in [0.4, 0.5) is 0 Å². The molecular formula is C16H23ClN2S. The largest absolute Gasteiger partial charge is 0.389 e. The van der Waals surface area contributed by atoms with Crippen LogP contribution in [0.5, 0.6) is 0 Å². The van der Waals surface area contributed by atoms with Gasteiger partial charge in [-0.05, 0) is 37.4 Å². The zero-order valence-corrected chi connectivity index (χ0v) is 13.6. The van der Waals surface area contributed by atoms with Crippen LogP contribution in [0.25, 0.3) is 0 Å². The van der Waals surface area contributed by atoms with Crippen LogP contribution in [-0.2, 0) is 6.54 Å². The molecule has 0 aliphatic heterocycles. The Balaban J connectivity index is 1.93. The van der Waals surface area contributed by atoms with Crippen LogP contribution in [0.15, 0.2) is 18.2 Å². The van der Waals surface area contributed by atoms with E-state index in [1.165, 1.54) is 32.1 Å². The Morgan fingerprint density at radius 3 is 2.65 bits per heavy atom. The van der Waals surface area contributed by atoms with E-state index in [4.69, 9.17) is 29.6 Å². The first-order valence-corrected chi connectivity index (χ1v) is 8.11. The summed E-state index contributed by atoms with van der Waals surface area (Å²) in [6.45, 7) is 2.04. The third-order valence-electron chi connectivity index (χ3n) is 4.07. The standard InChI is InChI=1S/C16H23ClN2S/c1-19(10-12-5-3-2-4-6-12)11-14-8-7-13(16(18)20)9-15(14)17/h7-9,12H,2-6,10-11H2,1H3,(H2,18,20). The lowest BCUT2D eigenvalue weighted by atomic mass is 9.89. The Morgan fingerprint density at radius 2 is 2.05 bits per heavy atom. The fourth-order valence-electron chi connectivity index (χ4n) is 2.99. The zero-order valence-electron chi connectivity index (χ0n) is 12.1. The fourth-order valence-corrected chi connectivity index (χ4v) is 3.36. The summed E-state index contributed by atoms with van der Waals surface area (Å²) in [6, 6.07) is 5.86. The summed E-state index contributed by atoms with van der Waals surface area (Å²) in [5.41, 5.74) is 7.60. The third-order valence-corrected chi connectivity index (χ3v) is 4.66. The molecule has 1 saturated carbocycles. The molecule has 1 fully saturated rings. The van der Waals surface area contributed by atoms with Crippen molar-refractivity contribution in [1.29, 1.82) is 0 Å². The lowest BCUT2D eigenvalue weighted by Gasteiger charge is -2.27. The molecule has 110 valence electrons. The average molecular weight is 311 g/mol. The van der Waals surface area contributed by atoms with Crippen molar-refractivity contribution in [1.82, 2.24) is 4.90 Å². The Labute approximate surface area is 132 Å². The second-order valence-electron chi connectivity index (χ2n) is 5.87. The molecule has 0 amide bonds. The molecule has 1 aromatic carbocycles. The molecule has 2 rings (SSSR count). The smallest absolute Gasteiger partial charge is 0.104 e. The number of halogens is 1. The summed E-state index contributed by atoms with van der Waals surface area (Å²) >= 11 is 11.3. The summed E-state index contributed by atoms with van der Waals surface area (Å²) in [4.78, 5) is 2.77. The van der Waals surface area contributed by atoms with Crippen LogP contribution in [0, 0.1) is 5.92 Å². The van der Waals surface area contributed by atoms with Gasteiger partial charge in [0.05, 0.1) is 0 Å². The number of hydrogen-bond donors (Lipinski definition) is 1. The minimum absolute atomic E-state index is 0.397. The van der Waals surface area contributed by atoms with Gasteiger partial charge in [0.1, 0.15) is 4.99 Å². The van der Waals surface area contributed by atoms with Crippen LogP contribution in [0.2, 0.25) is 5.02 Å². The highest BCUT2D eigenvalue weighted by Crippen LogP contribution is 2.25. The van der Waals surface area contributed by atoms with E-state index in [9.17, 15) is 0 Å². The van der Waals surface area contributed by atoms with E-state index in [-0.39, 0.29) is 0 Å². The average Bonchev–Trinajstić information content (AvgIpc) is 2.42. The first-order valence-electron chi connectivity index (χ1n) is 7.33. The molecule has 20 heavy (non-hydrogen) atoms. The molecule has 0 saturated heterocycles. The number of nitrogens with zero attached hydrogens (tertiary/aromatic N) is 1. The van der Waals surface area contributed by atoms with E-state index in [0.717, 1.165) is 35.2 Å². The van der Waals surface area contributed by atoms with Gasteiger partial charge < -0.3 is 10.6 Å². The molecule has 0 bridgehead atoms. The maximum Gasteiger partial charge on any atom is 0.104 e. The van der Waals surface area contributed by atoms with Crippen LogP contribution < -0.4 is 5.73 Å². The highest BCUT2D eigenvalue weighted by molar-refractivity contribution is 7.80. The van der Waals surface area contributed by atoms with E-state index < -0.39 is 0 Å². The van der Waals surface area contributed by atoms with Gasteiger partial charge in [0.2, 0.25) is 0 Å². The number of rotatable bonds is 5. The van der Waals surface area contributed by atoms with Gasteiger partial charge >= 0.3 is 0 Å². The van der Waals surface area contributed by atoms with E-state index in [1.54, 1.807) is 0 Å². The van der Waals surface area contributed by atoms with Crippen LogP contribution in [0.3, 0.4) is 0 Å². The number of benzene rings is 1. The van der Waals surface area contributed by atoms with Crippen LogP contribution >= 0.6 is 23.8 Å². The monoisotopic (exact) mass is 310 g/mol. The van der Waals surface area contributed by atoms with Crippen LogP contribution in [-0.4, -0.2) is 23.5 Å². The van der Waals surface area contributed by atoms with Crippen molar-refractivity contribution in [3.8, 4) is 0 Å². The predicted octanol–water partition coefficient (Wildman–Crippen LogP) is 3.99. The Morgan fingerprint density at radius 1 is 1.35 bits per heavy atom. The summed E-state index contributed by atoms with van der Waals surface area (Å²) in [5, 5.41) is 0.755. The topological polar surface area (TPSA) is 29.3 Å². The molecule has 1 aliphatic carbocycles. The SMILES string of the molecule is CN(Cc1ccc(C(N)=S)cc1Cl)CC1CCCCC1. The summed E-state index contributed by atoms with van der Waals surface area (Å²) in [7, 11) is 2.17. The van der Waals surface area contributed by atoms with Gasteiger partial charge in [-0.15, -0.1) is 0 Å². The first-order chi connectivity index (χ1) is 9.56. The molecule has 0 aromatic heterocycles.